The Morgan fingerprint density at radius 1 is 1.14 bits per heavy atom. The monoisotopic (exact) mass is 334 g/mol. The Morgan fingerprint density at radius 3 is 2.57 bits per heavy atom. The van der Waals surface area contributed by atoms with Crippen molar-refractivity contribution in [2.24, 2.45) is 0 Å². The highest BCUT2D eigenvalue weighted by Gasteiger charge is 2.33. The molecule has 0 fully saturated rings. The molecule has 0 radical (unpaired) electrons. The summed E-state index contributed by atoms with van der Waals surface area (Å²) < 4.78 is 38.4. The zero-order chi connectivity index (χ0) is 15.5. The van der Waals surface area contributed by atoms with Crippen molar-refractivity contribution in [2.45, 2.75) is 12.6 Å². The van der Waals surface area contributed by atoms with Crippen LogP contribution in [0.3, 0.4) is 0 Å². The Balaban J connectivity index is 2.04. The van der Waals surface area contributed by atoms with Crippen LogP contribution in [0.5, 0.6) is 0 Å². The van der Waals surface area contributed by atoms with E-state index in [1.807, 2.05) is 0 Å². The van der Waals surface area contributed by atoms with Crippen LogP contribution < -0.4 is 5.32 Å². The summed E-state index contributed by atoms with van der Waals surface area (Å²) in [5.41, 5.74) is 0.0188. The van der Waals surface area contributed by atoms with Crippen molar-refractivity contribution in [3.05, 3.63) is 57.7 Å². The Labute approximate surface area is 129 Å². The molecule has 0 saturated carbocycles. The number of alkyl halides is 3. The van der Waals surface area contributed by atoms with Gasteiger partial charge in [0.1, 0.15) is 5.82 Å². The molecule has 0 saturated heterocycles. The molecule has 2 aromatic rings. The number of pyridine rings is 1. The number of anilines is 1. The van der Waals surface area contributed by atoms with E-state index < -0.39 is 11.7 Å². The Hall–Kier alpha value is -1.46. The normalized spacial score (nSPS) is 11.5. The molecule has 0 aliphatic carbocycles. The molecule has 0 bridgehead atoms. The molecule has 2 nitrogen and oxygen atoms in total. The SMILES string of the molecule is FC(F)(F)c1cccnc1NCCc1ccc(Cl)cc1Cl. The molecule has 0 unspecified atom stereocenters. The lowest BCUT2D eigenvalue weighted by Crippen LogP contribution is -2.14. The van der Waals surface area contributed by atoms with Gasteiger partial charge in [-0.2, -0.15) is 13.2 Å². The van der Waals surface area contributed by atoms with E-state index >= 15 is 0 Å². The molecule has 2 rings (SSSR count). The van der Waals surface area contributed by atoms with Gasteiger partial charge in [0.05, 0.1) is 5.56 Å². The predicted molar refractivity (Wildman–Crippen MR) is 77.9 cm³/mol. The molecule has 1 N–H and O–H groups in total. The highest BCUT2D eigenvalue weighted by molar-refractivity contribution is 6.35. The summed E-state index contributed by atoms with van der Waals surface area (Å²) in [5, 5.41) is 3.69. The van der Waals surface area contributed by atoms with Crippen LogP contribution in [0.15, 0.2) is 36.5 Å². The Bertz CT molecular complexity index is 630. The van der Waals surface area contributed by atoms with Gasteiger partial charge in [0.25, 0.3) is 0 Å². The second-order valence-corrected chi connectivity index (χ2v) is 5.15. The van der Waals surface area contributed by atoms with E-state index in [1.165, 1.54) is 12.3 Å². The van der Waals surface area contributed by atoms with Crippen molar-refractivity contribution in [1.29, 1.82) is 0 Å². The van der Waals surface area contributed by atoms with Crippen LogP contribution in [0.4, 0.5) is 19.0 Å². The number of nitrogens with zero attached hydrogens (tertiary/aromatic N) is 1. The van der Waals surface area contributed by atoms with E-state index in [9.17, 15) is 13.2 Å². The van der Waals surface area contributed by atoms with Crippen molar-refractivity contribution in [2.75, 3.05) is 11.9 Å². The molecule has 112 valence electrons. The highest BCUT2D eigenvalue weighted by Crippen LogP contribution is 2.33. The highest BCUT2D eigenvalue weighted by atomic mass is 35.5. The Morgan fingerprint density at radius 2 is 1.90 bits per heavy atom. The standard InChI is InChI=1S/C14H11Cl2F3N2/c15-10-4-3-9(12(16)8-10)5-7-21-13-11(14(17,18)19)2-1-6-20-13/h1-4,6,8H,5,7H2,(H,20,21). The topological polar surface area (TPSA) is 24.9 Å². The van der Waals surface area contributed by atoms with Gasteiger partial charge in [0.15, 0.2) is 0 Å². The fourth-order valence-electron chi connectivity index (χ4n) is 1.81. The van der Waals surface area contributed by atoms with E-state index in [1.54, 1.807) is 18.2 Å². The fourth-order valence-corrected chi connectivity index (χ4v) is 2.32. The molecule has 0 aliphatic rings. The van der Waals surface area contributed by atoms with Gasteiger partial charge in [0, 0.05) is 22.8 Å². The number of rotatable bonds is 4. The zero-order valence-corrected chi connectivity index (χ0v) is 12.2. The molecular formula is C14H11Cl2F3N2. The molecule has 0 amide bonds. The van der Waals surface area contributed by atoms with Gasteiger partial charge in [-0.25, -0.2) is 4.98 Å². The molecule has 21 heavy (non-hydrogen) atoms. The number of hydrogen-bond acceptors (Lipinski definition) is 2. The summed E-state index contributed by atoms with van der Waals surface area (Å²) in [5.74, 6) is -0.185. The number of hydrogen-bond donors (Lipinski definition) is 1. The molecular weight excluding hydrogens is 324 g/mol. The van der Waals surface area contributed by atoms with E-state index in [4.69, 9.17) is 23.2 Å². The first kappa shape index (κ1) is 15.9. The van der Waals surface area contributed by atoms with Crippen LogP contribution >= 0.6 is 23.2 Å². The average molecular weight is 335 g/mol. The first-order valence-corrected chi connectivity index (χ1v) is 6.83. The van der Waals surface area contributed by atoms with Gasteiger partial charge in [-0.1, -0.05) is 29.3 Å². The minimum atomic E-state index is -4.44. The lowest BCUT2D eigenvalue weighted by Gasteiger charge is -2.13. The first-order valence-electron chi connectivity index (χ1n) is 6.08. The van der Waals surface area contributed by atoms with Gasteiger partial charge < -0.3 is 5.32 Å². The maximum absolute atomic E-state index is 12.8. The predicted octanol–water partition coefficient (Wildman–Crippen LogP) is 5.06. The van der Waals surface area contributed by atoms with Crippen LogP contribution in [0.25, 0.3) is 0 Å². The van der Waals surface area contributed by atoms with Gasteiger partial charge in [-0.15, -0.1) is 0 Å². The third-order valence-corrected chi connectivity index (χ3v) is 3.40. The first-order chi connectivity index (χ1) is 9.88. The van der Waals surface area contributed by atoms with Gasteiger partial charge in [-0.3, -0.25) is 0 Å². The second-order valence-electron chi connectivity index (χ2n) is 4.31. The summed E-state index contributed by atoms with van der Waals surface area (Å²) in [6.07, 6.45) is -2.66. The van der Waals surface area contributed by atoms with E-state index in [2.05, 4.69) is 10.3 Å². The molecule has 0 spiro atoms. The van der Waals surface area contributed by atoms with E-state index in [0.717, 1.165) is 11.6 Å². The van der Waals surface area contributed by atoms with Crippen LogP contribution in [-0.2, 0) is 12.6 Å². The Kier molecular flexibility index (Phi) is 4.96. The zero-order valence-electron chi connectivity index (χ0n) is 10.7. The third-order valence-electron chi connectivity index (χ3n) is 2.82. The maximum atomic E-state index is 12.8. The smallest absolute Gasteiger partial charge is 0.369 e. The lowest BCUT2D eigenvalue weighted by atomic mass is 10.1. The lowest BCUT2D eigenvalue weighted by molar-refractivity contribution is -0.137. The minimum absolute atomic E-state index is 0.185. The fraction of sp³-hybridized carbons (Fsp3) is 0.214. The van der Waals surface area contributed by atoms with Crippen molar-refractivity contribution in [3.8, 4) is 0 Å². The van der Waals surface area contributed by atoms with Crippen LogP contribution in [0.1, 0.15) is 11.1 Å². The van der Waals surface area contributed by atoms with E-state index in [-0.39, 0.29) is 12.4 Å². The summed E-state index contributed by atoms with van der Waals surface area (Å²) in [4.78, 5) is 3.73. The molecule has 1 heterocycles. The van der Waals surface area contributed by atoms with Gasteiger partial charge >= 0.3 is 6.18 Å². The number of benzene rings is 1. The third kappa shape index (κ3) is 4.25. The average Bonchev–Trinajstić information content (AvgIpc) is 2.41. The van der Waals surface area contributed by atoms with Crippen LogP contribution in [0, 0.1) is 0 Å². The quantitative estimate of drug-likeness (QED) is 0.845. The van der Waals surface area contributed by atoms with Crippen LogP contribution in [0.2, 0.25) is 10.0 Å². The minimum Gasteiger partial charge on any atom is -0.369 e. The second kappa shape index (κ2) is 6.54. The summed E-state index contributed by atoms with van der Waals surface area (Å²) in [6.45, 7) is 0.279. The molecule has 0 atom stereocenters. The summed E-state index contributed by atoms with van der Waals surface area (Å²) in [7, 11) is 0. The largest absolute Gasteiger partial charge is 0.419 e. The van der Waals surface area contributed by atoms with E-state index in [0.29, 0.717) is 16.5 Å². The number of halogens is 5. The van der Waals surface area contributed by atoms with Crippen molar-refractivity contribution >= 4 is 29.0 Å². The van der Waals surface area contributed by atoms with Crippen molar-refractivity contribution in [3.63, 3.8) is 0 Å². The van der Waals surface area contributed by atoms with Crippen molar-refractivity contribution < 1.29 is 13.2 Å². The van der Waals surface area contributed by atoms with Gasteiger partial charge in [-0.05, 0) is 36.2 Å². The number of aromatic nitrogens is 1. The number of nitrogens with one attached hydrogen (secondary N) is 1. The maximum Gasteiger partial charge on any atom is 0.419 e. The molecule has 7 heteroatoms. The molecule has 0 aliphatic heterocycles. The molecule has 1 aromatic carbocycles. The van der Waals surface area contributed by atoms with Gasteiger partial charge in [0.2, 0.25) is 0 Å². The summed E-state index contributed by atoms with van der Waals surface area (Å²) in [6, 6.07) is 7.27. The summed E-state index contributed by atoms with van der Waals surface area (Å²) >= 11 is 11.8. The van der Waals surface area contributed by atoms with Crippen molar-refractivity contribution in [1.82, 2.24) is 4.98 Å². The molecule has 1 aromatic heterocycles. The van der Waals surface area contributed by atoms with Crippen LogP contribution in [-0.4, -0.2) is 11.5 Å².